The summed E-state index contributed by atoms with van der Waals surface area (Å²) in [6.45, 7) is 2.67. The highest BCUT2D eigenvalue weighted by Gasteiger charge is 2.18. The maximum absolute atomic E-state index is 5.95. The highest BCUT2D eigenvalue weighted by molar-refractivity contribution is 5.31. The molecule has 0 bridgehead atoms. The van der Waals surface area contributed by atoms with E-state index in [4.69, 9.17) is 4.74 Å². The normalized spacial score (nSPS) is 20.4. The molecule has 1 saturated carbocycles. The Kier molecular flexibility index (Phi) is 3.74. The summed E-state index contributed by atoms with van der Waals surface area (Å²) < 4.78 is 5.95. The van der Waals surface area contributed by atoms with E-state index in [2.05, 4.69) is 15.3 Å². The Labute approximate surface area is 108 Å². The average Bonchev–Trinajstić information content (AvgIpc) is 2.46. The highest BCUT2D eigenvalue weighted by Crippen LogP contribution is 2.26. The van der Waals surface area contributed by atoms with Crippen LogP contribution in [0.2, 0.25) is 0 Å². The molecule has 1 aromatic heterocycles. The Morgan fingerprint density at radius 1 is 1.22 bits per heavy atom. The molecule has 0 radical (unpaired) electrons. The molecule has 0 saturated heterocycles. The van der Waals surface area contributed by atoms with Gasteiger partial charge in [-0.25, -0.2) is 9.97 Å². The fourth-order valence-electron chi connectivity index (χ4n) is 2.92. The van der Waals surface area contributed by atoms with Gasteiger partial charge in [0.15, 0.2) is 0 Å². The molecule has 0 unspecified atom stereocenters. The number of rotatable bonds is 3. The van der Waals surface area contributed by atoms with Crippen molar-refractivity contribution in [2.24, 2.45) is 5.92 Å². The molecule has 2 aliphatic rings. The van der Waals surface area contributed by atoms with Gasteiger partial charge in [0, 0.05) is 25.1 Å². The van der Waals surface area contributed by atoms with Crippen LogP contribution in [0.5, 0.6) is 5.88 Å². The summed E-state index contributed by atoms with van der Waals surface area (Å²) in [6, 6.07) is 0. The van der Waals surface area contributed by atoms with E-state index in [9.17, 15) is 0 Å². The molecule has 1 aliphatic heterocycles. The fraction of sp³-hybridized carbons (Fsp3) is 0.714. The first-order valence-corrected chi connectivity index (χ1v) is 7.10. The summed E-state index contributed by atoms with van der Waals surface area (Å²) in [5.41, 5.74) is 2.32. The van der Waals surface area contributed by atoms with Crippen molar-refractivity contribution in [1.82, 2.24) is 15.3 Å². The van der Waals surface area contributed by atoms with Gasteiger partial charge in [0.25, 0.3) is 0 Å². The van der Waals surface area contributed by atoms with Crippen LogP contribution in [0.4, 0.5) is 0 Å². The van der Waals surface area contributed by atoms with Gasteiger partial charge in [0.2, 0.25) is 5.88 Å². The molecule has 1 aromatic rings. The zero-order chi connectivity index (χ0) is 12.2. The van der Waals surface area contributed by atoms with Crippen LogP contribution < -0.4 is 10.1 Å². The number of aromatic nitrogens is 2. The van der Waals surface area contributed by atoms with Crippen molar-refractivity contribution in [3.05, 3.63) is 17.6 Å². The molecule has 18 heavy (non-hydrogen) atoms. The molecule has 4 nitrogen and oxygen atoms in total. The molecule has 0 spiro atoms. The third-order valence-electron chi connectivity index (χ3n) is 4.02. The Morgan fingerprint density at radius 2 is 2.11 bits per heavy atom. The van der Waals surface area contributed by atoms with Crippen molar-refractivity contribution < 1.29 is 4.74 Å². The van der Waals surface area contributed by atoms with E-state index < -0.39 is 0 Å². The Morgan fingerprint density at radius 3 is 3.00 bits per heavy atom. The first-order valence-electron chi connectivity index (χ1n) is 7.10. The molecule has 1 aliphatic carbocycles. The molecule has 0 aromatic carbocycles. The van der Waals surface area contributed by atoms with Gasteiger partial charge in [0.05, 0.1) is 12.3 Å². The van der Waals surface area contributed by atoms with Crippen molar-refractivity contribution in [2.45, 2.75) is 45.1 Å². The second kappa shape index (κ2) is 5.65. The van der Waals surface area contributed by atoms with Gasteiger partial charge in [-0.1, -0.05) is 19.3 Å². The second-order valence-electron chi connectivity index (χ2n) is 5.35. The number of hydrogen-bond donors (Lipinski definition) is 1. The van der Waals surface area contributed by atoms with Crippen molar-refractivity contribution in [1.29, 1.82) is 0 Å². The van der Waals surface area contributed by atoms with Crippen LogP contribution in [0, 0.1) is 5.92 Å². The minimum Gasteiger partial charge on any atom is -0.477 e. The van der Waals surface area contributed by atoms with Crippen molar-refractivity contribution >= 4 is 0 Å². The molecule has 2 heterocycles. The lowest BCUT2D eigenvalue weighted by molar-refractivity contribution is 0.200. The topological polar surface area (TPSA) is 47.0 Å². The summed E-state index contributed by atoms with van der Waals surface area (Å²) in [7, 11) is 0. The monoisotopic (exact) mass is 247 g/mol. The predicted octanol–water partition coefficient (Wildman–Crippen LogP) is 2.08. The minimum atomic E-state index is 0.723. The molecular formula is C14H21N3O. The number of hydrogen-bond acceptors (Lipinski definition) is 4. The smallest absolute Gasteiger partial charge is 0.221 e. The average molecular weight is 247 g/mol. The van der Waals surface area contributed by atoms with Gasteiger partial charge < -0.3 is 10.1 Å². The van der Waals surface area contributed by atoms with Gasteiger partial charge in [0.1, 0.15) is 6.33 Å². The Bertz CT molecular complexity index is 402. The molecule has 3 rings (SSSR count). The van der Waals surface area contributed by atoms with E-state index in [1.54, 1.807) is 6.33 Å². The molecule has 1 N–H and O–H groups in total. The molecule has 4 heteroatoms. The van der Waals surface area contributed by atoms with Crippen LogP contribution >= 0.6 is 0 Å². The molecule has 98 valence electrons. The maximum atomic E-state index is 5.95. The van der Waals surface area contributed by atoms with E-state index >= 15 is 0 Å². The van der Waals surface area contributed by atoms with Gasteiger partial charge in [-0.3, -0.25) is 0 Å². The first-order chi connectivity index (χ1) is 8.93. The third kappa shape index (κ3) is 2.64. The summed E-state index contributed by atoms with van der Waals surface area (Å²) in [6.07, 6.45) is 9.35. The van der Waals surface area contributed by atoms with Crippen LogP contribution in [-0.4, -0.2) is 23.1 Å². The van der Waals surface area contributed by atoms with Gasteiger partial charge in [-0.15, -0.1) is 0 Å². The largest absolute Gasteiger partial charge is 0.477 e. The van der Waals surface area contributed by atoms with Crippen LogP contribution in [0.1, 0.15) is 43.4 Å². The van der Waals surface area contributed by atoms with E-state index in [1.807, 2.05) is 0 Å². The zero-order valence-corrected chi connectivity index (χ0v) is 10.8. The second-order valence-corrected chi connectivity index (χ2v) is 5.35. The number of nitrogens with one attached hydrogen (secondary N) is 1. The maximum Gasteiger partial charge on any atom is 0.221 e. The highest BCUT2D eigenvalue weighted by atomic mass is 16.5. The fourth-order valence-corrected chi connectivity index (χ4v) is 2.92. The van der Waals surface area contributed by atoms with Crippen LogP contribution in [0.15, 0.2) is 6.33 Å². The lowest BCUT2D eigenvalue weighted by atomic mass is 9.90. The quantitative estimate of drug-likeness (QED) is 0.888. The van der Waals surface area contributed by atoms with Crippen molar-refractivity contribution in [3.63, 3.8) is 0 Å². The standard InChI is InChI=1S/C14H21N3O/c1-2-4-11(5-3-1)9-18-14-12-8-15-7-6-13(12)16-10-17-14/h10-11,15H,1-9H2. The van der Waals surface area contributed by atoms with Crippen LogP contribution in [0.3, 0.4) is 0 Å². The van der Waals surface area contributed by atoms with E-state index in [0.29, 0.717) is 0 Å². The lowest BCUT2D eigenvalue weighted by Gasteiger charge is -2.23. The van der Waals surface area contributed by atoms with Crippen LogP contribution in [0.25, 0.3) is 0 Å². The summed E-state index contributed by atoms with van der Waals surface area (Å²) in [4.78, 5) is 8.65. The Balaban J connectivity index is 1.65. The predicted molar refractivity (Wildman–Crippen MR) is 69.5 cm³/mol. The summed E-state index contributed by atoms with van der Waals surface area (Å²) in [5, 5.41) is 3.36. The van der Waals surface area contributed by atoms with Crippen molar-refractivity contribution in [3.8, 4) is 5.88 Å². The first kappa shape index (κ1) is 11.9. The van der Waals surface area contributed by atoms with Gasteiger partial charge in [-0.05, 0) is 18.8 Å². The minimum absolute atomic E-state index is 0.723. The summed E-state index contributed by atoms with van der Waals surface area (Å²) in [5.74, 6) is 1.53. The lowest BCUT2D eigenvalue weighted by Crippen LogP contribution is -2.26. The molecule has 0 amide bonds. The number of nitrogens with zero attached hydrogens (tertiary/aromatic N) is 2. The molecular weight excluding hydrogens is 226 g/mol. The van der Waals surface area contributed by atoms with Gasteiger partial charge >= 0.3 is 0 Å². The SMILES string of the molecule is c1nc2c(c(OCC3CCCCC3)n1)CNCC2. The van der Waals surface area contributed by atoms with Crippen LogP contribution in [-0.2, 0) is 13.0 Å². The van der Waals surface area contributed by atoms with Gasteiger partial charge in [-0.2, -0.15) is 0 Å². The van der Waals surface area contributed by atoms with E-state index in [-0.39, 0.29) is 0 Å². The van der Waals surface area contributed by atoms with Crippen molar-refractivity contribution in [2.75, 3.05) is 13.2 Å². The zero-order valence-electron chi connectivity index (χ0n) is 10.8. The van der Waals surface area contributed by atoms with E-state index in [1.165, 1.54) is 37.7 Å². The molecule has 0 atom stereocenters. The number of fused-ring (bicyclic) bond motifs is 1. The molecule has 1 fully saturated rings. The summed E-state index contributed by atoms with van der Waals surface area (Å²) >= 11 is 0. The Hall–Kier alpha value is -1.16. The number of ether oxygens (including phenoxy) is 1. The third-order valence-corrected chi connectivity index (χ3v) is 4.02. The van der Waals surface area contributed by atoms with E-state index in [0.717, 1.165) is 43.6 Å².